The van der Waals surface area contributed by atoms with Crippen molar-refractivity contribution in [2.24, 2.45) is 0 Å². The fourth-order valence-corrected chi connectivity index (χ4v) is 2.97. The van der Waals surface area contributed by atoms with Crippen molar-refractivity contribution in [3.63, 3.8) is 0 Å². The number of rotatable bonds is 9. The third-order valence-corrected chi connectivity index (χ3v) is 4.54. The van der Waals surface area contributed by atoms with Gasteiger partial charge in [-0.15, -0.1) is 0 Å². The molecule has 0 heterocycles. The summed E-state index contributed by atoms with van der Waals surface area (Å²) in [6.45, 7) is 0. The van der Waals surface area contributed by atoms with Crippen LogP contribution < -0.4 is 5.32 Å². The molecule has 0 fully saturated rings. The van der Waals surface area contributed by atoms with Crippen molar-refractivity contribution in [1.82, 2.24) is 5.32 Å². The second kappa shape index (κ2) is 10.6. The molecule has 0 radical (unpaired) electrons. The molecule has 2 rings (SSSR count). The van der Waals surface area contributed by atoms with Crippen LogP contribution >= 0.6 is 11.6 Å². The standard InChI is InChI=1S/C21H22ClNO6/c1-29-21(28)20(27)17(23-18(24)9-10-19(25)26)11-13-5-7-14(8-6-13)15-3-2-4-16(22)12-15/h2-8,12,17,20,27H,9-11H2,1H3,(H,23,24)(H,25,26)/t17?,20-/m1/s1. The van der Waals surface area contributed by atoms with Crippen LogP contribution in [0, 0.1) is 0 Å². The lowest BCUT2D eigenvalue weighted by atomic mass is 9.98. The van der Waals surface area contributed by atoms with Gasteiger partial charge in [-0.2, -0.15) is 0 Å². The summed E-state index contributed by atoms with van der Waals surface area (Å²) in [5, 5.41) is 22.0. The van der Waals surface area contributed by atoms with E-state index in [0.29, 0.717) is 5.02 Å². The molecule has 29 heavy (non-hydrogen) atoms. The van der Waals surface area contributed by atoms with Crippen molar-refractivity contribution in [3.05, 3.63) is 59.1 Å². The molecule has 0 aliphatic rings. The van der Waals surface area contributed by atoms with Gasteiger partial charge in [-0.3, -0.25) is 9.59 Å². The highest BCUT2D eigenvalue weighted by atomic mass is 35.5. The predicted molar refractivity (Wildman–Crippen MR) is 107 cm³/mol. The van der Waals surface area contributed by atoms with Crippen LogP contribution in [-0.4, -0.2) is 47.3 Å². The van der Waals surface area contributed by atoms with Gasteiger partial charge in [-0.05, 0) is 35.2 Å². The van der Waals surface area contributed by atoms with Crippen LogP contribution in [0.1, 0.15) is 18.4 Å². The van der Waals surface area contributed by atoms with Crippen molar-refractivity contribution >= 4 is 29.4 Å². The number of hydrogen-bond acceptors (Lipinski definition) is 5. The molecule has 154 valence electrons. The maximum atomic E-state index is 12.0. The Morgan fingerprint density at radius 3 is 2.34 bits per heavy atom. The molecule has 2 atom stereocenters. The number of aliphatic carboxylic acids is 1. The van der Waals surface area contributed by atoms with Crippen molar-refractivity contribution in [2.45, 2.75) is 31.4 Å². The highest BCUT2D eigenvalue weighted by molar-refractivity contribution is 6.30. The molecule has 0 spiro atoms. The van der Waals surface area contributed by atoms with E-state index in [0.717, 1.165) is 23.8 Å². The summed E-state index contributed by atoms with van der Waals surface area (Å²) in [5.41, 5.74) is 2.64. The first-order chi connectivity index (χ1) is 13.8. The quantitative estimate of drug-likeness (QED) is 0.538. The molecule has 0 aromatic heterocycles. The molecule has 8 heteroatoms. The van der Waals surface area contributed by atoms with Gasteiger partial charge in [0.25, 0.3) is 0 Å². The zero-order chi connectivity index (χ0) is 21.4. The van der Waals surface area contributed by atoms with E-state index in [1.165, 1.54) is 0 Å². The van der Waals surface area contributed by atoms with Crippen molar-refractivity contribution in [1.29, 1.82) is 0 Å². The van der Waals surface area contributed by atoms with Crippen LogP contribution in [0.4, 0.5) is 0 Å². The Morgan fingerprint density at radius 1 is 1.07 bits per heavy atom. The molecular weight excluding hydrogens is 398 g/mol. The third-order valence-electron chi connectivity index (χ3n) is 4.30. The highest BCUT2D eigenvalue weighted by Crippen LogP contribution is 2.23. The number of hydrogen-bond donors (Lipinski definition) is 3. The van der Waals surface area contributed by atoms with Gasteiger partial charge < -0.3 is 20.3 Å². The average molecular weight is 420 g/mol. The molecule has 1 unspecified atom stereocenters. The minimum Gasteiger partial charge on any atom is -0.481 e. The van der Waals surface area contributed by atoms with Gasteiger partial charge in [0, 0.05) is 11.4 Å². The van der Waals surface area contributed by atoms with E-state index in [1.54, 1.807) is 6.07 Å². The summed E-state index contributed by atoms with van der Waals surface area (Å²) >= 11 is 6.02. The normalized spacial score (nSPS) is 12.7. The van der Waals surface area contributed by atoms with Gasteiger partial charge in [-0.1, -0.05) is 48.0 Å². The summed E-state index contributed by atoms with van der Waals surface area (Å²) < 4.78 is 4.55. The minimum atomic E-state index is -1.58. The zero-order valence-corrected chi connectivity index (χ0v) is 16.6. The summed E-state index contributed by atoms with van der Waals surface area (Å²) in [4.78, 5) is 34.3. The Kier molecular flexibility index (Phi) is 8.18. The summed E-state index contributed by atoms with van der Waals surface area (Å²) in [7, 11) is 1.13. The molecule has 0 bridgehead atoms. The number of aliphatic hydroxyl groups excluding tert-OH is 1. The van der Waals surface area contributed by atoms with Crippen LogP contribution in [0.25, 0.3) is 11.1 Å². The number of carbonyl (C=O) groups excluding carboxylic acids is 2. The largest absolute Gasteiger partial charge is 0.481 e. The Balaban J connectivity index is 2.13. The molecule has 2 aromatic carbocycles. The first-order valence-corrected chi connectivity index (χ1v) is 9.30. The molecule has 0 saturated heterocycles. The second-order valence-electron chi connectivity index (χ2n) is 6.45. The van der Waals surface area contributed by atoms with E-state index in [2.05, 4.69) is 10.1 Å². The fourth-order valence-electron chi connectivity index (χ4n) is 2.78. The smallest absolute Gasteiger partial charge is 0.336 e. The van der Waals surface area contributed by atoms with Crippen LogP contribution in [0.3, 0.4) is 0 Å². The van der Waals surface area contributed by atoms with Crippen molar-refractivity contribution in [2.75, 3.05) is 7.11 Å². The summed E-state index contributed by atoms with van der Waals surface area (Å²) in [6.07, 6.45) is -2.03. The molecule has 0 aliphatic heterocycles. The number of esters is 1. The second-order valence-corrected chi connectivity index (χ2v) is 6.88. The summed E-state index contributed by atoms with van der Waals surface area (Å²) in [5.74, 6) is -2.57. The lowest BCUT2D eigenvalue weighted by molar-refractivity contribution is -0.152. The number of methoxy groups -OCH3 is 1. The monoisotopic (exact) mass is 419 g/mol. The predicted octanol–water partition coefficient (Wildman–Crippen LogP) is 2.43. The maximum absolute atomic E-state index is 12.0. The van der Waals surface area contributed by atoms with E-state index in [1.807, 2.05) is 42.5 Å². The van der Waals surface area contributed by atoms with Gasteiger partial charge in [0.1, 0.15) is 0 Å². The SMILES string of the molecule is COC(=O)[C@H](O)C(Cc1ccc(-c2cccc(Cl)c2)cc1)NC(=O)CCC(=O)O. The number of carboxylic acids is 1. The molecular formula is C21H22ClNO6. The number of halogens is 1. The fraction of sp³-hybridized carbons (Fsp3) is 0.286. The van der Waals surface area contributed by atoms with Crippen molar-refractivity contribution < 1.29 is 29.3 Å². The number of carbonyl (C=O) groups is 3. The van der Waals surface area contributed by atoms with E-state index >= 15 is 0 Å². The highest BCUT2D eigenvalue weighted by Gasteiger charge is 2.28. The first-order valence-electron chi connectivity index (χ1n) is 8.92. The number of nitrogens with one attached hydrogen (secondary N) is 1. The maximum Gasteiger partial charge on any atom is 0.336 e. The van der Waals surface area contributed by atoms with Crippen LogP contribution in [0.2, 0.25) is 5.02 Å². The Morgan fingerprint density at radius 2 is 1.76 bits per heavy atom. The number of ether oxygens (including phenoxy) is 1. The third kappa shape index (κ3) is 6.89. The number of carboxylic acid groups (broad SMARTS) is 1. The summed E-state index contributed by atoms with van der Waals surface area (Å²) in [6, 6.07) is 13.8. The molecule has 1 amide bonds. The molecule has 7 nitrogen and oxygen atoms in total. The van der Waals surface area contributed by atoms with E-state index in [4.69, 9.17) is 16.7 Å². The molecule has 0 saturated carbocycles. The van der Waals surface area contributed by atoms with Crippen molar-refractivity contribution in [3.8, 4) is 11.1 Å². The van der Waals surface area contributed by atoms with Gasteiger partial charge >= 0.3 is 11.9 Å². The van der Waals surface area contributed by atoms with Gasteiger partial charge in [-0.25, -0.2) is 4.79 Å². The van der Waals surface area contributed by atoms with E-state index in [9.17, 15) is 19.5 Å². The molecule has 2 aromatic rings. The molecule has 3 N–H and O–H groups in total. The Bertz CT molecular complexity index is 868. The van der Waals surface area contributed by atoms with Crippen LogP contribution in [-0.2, 0) is 25.5 Å². The van der Waals surface area contributed by atoms with E-state index < -0.39 is 30.0 Å². The average Bonchev–Trinajstić information content (AvgIpc) is 2.71. The van der Waals surface area contributed by atoms with Gasteiger partial charge in [0.15, 0.2) is 6.10 Å². The van der Waals surface area contributed by atoms with Crippen LogP contribution in [0.5, 0.6) is 0 Å². The Hall–Kier alpha value is -2.90. The lowest BCUT2D eigenvalue weighted by Gasteiger charge is -2.22. The van der Waals surface area contributed by atoms with Crippen LogP contribution in [0.15, 0.2) is 48.5 Å². The Labute approximate surface area is 173 Å². The number of benzene rings is 2. The number of aliphatic hydroxyl groups is 1. The number of amides is 1. The van der Waals surface area contributed by atoms with Gasteiger partial charge in [0.05, 0.1) is 19.6 Å². The minimum absolute atomic E-state index is 0.158. The topological polar surface area (TPSA) is 113 Å². The molecule has 0 aliphatic carbocycles. The van der Waals surface area contributed by atoms with Gasteiger partial charge in [0.2, 0.25) is 5.91 Å². The zero-order valence-electron chi connectivity index (χ0n) is 15.8. The first kappa shape index (κ1) is 22.4. The van der Waals surface area contributed by atoms with E-state index in [-0.39, 0.29) is 19.3 Å². The lowest BCUT2D eigenvalue weighted by Crippen LogP contribution is -2.48.